The van der Waals surface area contributed by atoms with Crippen molar-refractivity contribution in [3.05, 3.63) is 35.9 Å². The Morgan fingerprint density at radius 3 is 1.85 bits per heavy atom. The summed E-state index contributed by atoms with van der Waals surface area (Å²) in [6.07, 6.45) is 8.15. The molecule has 4 atom stereocenters. The van der Waals surface area contributed by atoms with Crippen molar-refractivity contribution in [3.63, 3.8) is 0 Å². The van der Waals surface area contributed by atoms with Crippen LogP contribution in [-0.4, -0.2) is 62.5 Å². The summed E-state index contributed by atoms with van der Waals surface area (Å²) in [5.74, 6) is -0.264. The summed E-state index contributed by atoms with van der Waals surface area (Å²) in [4.78, 5) is 38.3. The van der Waals surface area contributed by atoms with Crippen LogP contribution in [0.5, 0.6) is 0 Å². The fourth-order valence-electron chi connectivity index (χ4n) is 4.96. The zero-order valence-corrected chi connectivity index (χ0v) is 32.1. The molecule has 1 rings (SSSR count). The van der Waals surface area contributed by atoms with Gasteiger partial charge in [-0.3, -0.25) is 9.59 Å². The molecule has 0 bridgehead atoms. The number of unbranched alkanes of at least 4 members (excludes halogenated alkanes) is 4. The number of carbonyl (C=O) groups excluding carboxylic acids is 3. The van der Waals surface area contributed by atoms with Gasteiger partial charge in [0.15, 0.2) is 0 Å². The maximum atomic E-state index is 13.4. The van der Waals surface area contributed by atoms with Gasteiger partial charge >= 0.3 is 12.1 Å². The standard InChI is InChI=1S/C35H55NO7S4/c1-6-10-13-19-29(36-33(39)42-25-27-17-15-12-16-18-27)31(46-34(44)40-8-3)23-21-28(38)22-24-32(47-35(45)41-9-4)30(43-26(5)37)20-14-11-7-2/h12,15-18,29-32H,6-11,13-14,19-25H2,1-5H3,(H,36,39). The maximum absolute atomic E-state index is 13.4. The van der Waals surface area contributed by atoms with E-state index in [0.717, 1.165) is 50.5 Å². The molecule has 1 amide bonds. The van der Waals surface area contributed by atoms with Gasteiger partial charge in [0.05, 0.1) is 18.5 Å². The van der Waals surface area contributed by atoms with Gasteiger partial charge in [0, 0.05) is 31.1 Å². The predicted octanol–water partition coefficient (Wildman–Crippen LogP) is 9.35. The minimum Gasteiger partial charge on any atom is -0.479 e. The van der Waals surface area contributed by atoms with Gasteiger partial charge in [-0.25, -0.2) is 4.79 Å². The molecule has 0 fully saturated rings. The number of Topliss-reactive ketones (excluding diaryl/α,β-unsaturated/α-hetero) is 1. The number of thioether (sulfide) groups is 2. The van der Waals surface area contributed by atoms with Crippen molar-refractivity contribution in [2.45, 2.75) is 141 Å². The van der Waals surface area contributed by atoms with E-state index in [1.165, 1.54) is 30.4 Å². The summed E-state index contributed by atoms with van der Waals surface area (Å²) in [6.45, 7) is 10.5. The van der Waals surface area contributed by atoms with Crippen LogP contribution in [0.15, 0.2) is 30.3 Å². The number of ether oxygens (including phenoxy) is 4. The first-order valence-corrected chi connectivity index (χ1v) is 19.5. The Morgan fingerprint density at radius 2 is 1.30 bits per heavy atom. The van der Waals surface area contributed by atoms with Crippen molar-refractivity contribution in [2.24, 2.45) is 0 Å². The van der Waals surface area contributed by atoms with Crippen LogP contribution in [0.3, 0.4) is 0 Å². The summed E-state index contributed by atoms with van der Waals surface area (Å²) in [5.41, 5.74) is 0.902. The number of hydrogen-bond acceptors (Lipinski definition) is 11. The van der Waals surface area contributed by atoms with Gasteiger partial charge in [-0.1, -0.05) is 99.8 Å². The SMILES string of the molecule is CCCCCC(NC(=O)OCc1ccccc1)C(CCC(=O)CCC(SC(=S)OCC)C(CCCCC)OC(C)=O)SC(=S)OCC. The summed E-state index contributed by atoms with van der Waals surface area (Å²) in [5, 5.41) is 2.69. The monoisotopic (exact) mass is 729 g/mol. The van der Waals surface area contributed by atoms with Crippen LogP contribution in [0.25, 0.3) is 0 Å². The highest BCUT2D eigenvalue weighted by Gasteiger charge is 2.29. The van der Waals surface area contributed by atoms with Crippen LogP contribution in [0.1, 0.15) is 117 Å². The van der Waals surface area contributed by atoms with E-state index in [0.29, 0.717) is 54.1 Å². The number of esters is 1. The molecule has 47 heavy (non-hydrogen) atoms. The Bertz CT molecular complexity index is 1060. The minimum absolute atomic E-state index is 0.0833. The molecule has 266 valence electrons. The van der Waals surface area contributed by atoms with Gasteiger partial charge in [-0.2, -0.15) is 0 Å². The van der Waals surface area contributed by atoms with Crippen molar-refractivity contribution in [1.82, 2.24) is 5.32 Å². The first kappa shape index (κ1) is 43.1. The molecule has 1 aromatic carbocycles. The topological polar surface area (TPSA) is 100 Å². The van der Waals surface area contributed by atoms with E-state index in [-0.39, 0.29) is 41.0 Å². The Balaban J connectivity index is 3.02. The number of hydrogen-bond donors (Lipinski definition) is 1. The number of rotatable bonds is 24. The molecule has 0 aromatic heterocycles. The van der Waals surface area contributed by atoms with Gasteiger partial charge in [-0.05, 0) is 76.0 Å². The summed E-state index contributed by atoms with van der Waals surface area (Å²) >= 11 is 13.7. The van der Waals surface area contributed by atoms with E-state index in [1.807, 2.05) is 44.2 Å². The van der Waals surface area contributed by atoms with Crippen LogP contribution in [-0.2, 0) is 35.1 Å². The number of thiocarbonyl (C=S) groups is 2. The van der Waals surface area contributed by atoms with Gasteiger partial charge in [-0.15, -0.1) is 0 Å². The molecule has 1 N–H and O–H groups in total. The maximum Gasteiger partial charge on any atom is 0.407 e. The van der Waals surface area contributed by atoms with E-state index in [9.17, 15) is 14.4 Å². The van der Waals surface area contributed by atoms with E-state index < -0.39 is 6.09 Å². The molecule has 4 unspecified atom stereocenters. The molecule has 0 spiro atoms. The fraction of sp³-hybridized carbons (Fsp3) is 0.686. The molecule has 0 saturated heterocycles. The van der Waals surface area contributed by atoms with Crippen molar-refractivity contribution >= 4 is 74.6 Å². The third-order valence-corrected chi connectivity index (χ3v) is 10.5. The van der Waals surface area contributed by atoms with E-state index in [4.69, 9.17) is 43.4 Å². The Hall–Kier alpha value is -1.89. The molecule has 0 heterocycles. The second-order valence-electron chi connectivity index (χ2n) is 11.2. The summed E-state index contributed by atoms with van der Waals surface area (Å²) < 4.78 is 23.2. The molecule has 0 saturated carbocycles. The van der Waals surface area contributed by atoms with E-state index in [1.54, 1.807) is 0 Å². The Labute approximate surface area is 301 Å². The summed E-state index contributed by atoms with van der Waals surface area (Å²) in [7, 11) is 0. The molecule has 0 aliphatic heterocycles. The fourth-order valence-corrected chi connectivity index (χ4v) is 7.98. The molecule has 12 heteroatoms. The van der Waals surface area contributed by atoms with Crippen molar-refractivity contribution in [1.29, 1.82) is 0 Å². The second-order valence-corrected chi connectivity index (χ2v) is 14.9. The second kappa shape index (κ2) is 27.0. The van der Waals surface area contributed by atoms with Crippen LogP contribution < -0.4 is 5.32 Å². The van der Waals surface area contributed by atoms with Crippen LogP contribution in [0.2, 0.25) is 0 Å². The average molecular weight is 730 g/mol. The number of nitrogens with one attached hydrogen (secondary N) is 1. The normalized spacial score (nSPS) is 13.5. The number of carbonyl (C=O) groups is 3. The first-order valence-electron chi connectivity index (χ1n) is 17.0. The molecular weight excluding hydrogens is 675 g/mol. The molecule has 0 aliphatic carbocycles. The average Bonchev–Trinajstić information content (AvgIpc) is 3.04. The van der Waals surface area contributed by atoms with Gasteiger partial charge in [0.25, 0.3) is 0 Å². The highest BCUT2D eigenvalue weighted by Crippen LogP contribution is 2.30. The highest BCUT2D eigenvalue weighted by atomic mass is 32.2. The molecule has 0 aliphatic rings. The largest absolute Gasteiger partial charge is 0.479 e. The Morgan fingerprint density at radius 1 is 0.745 bits per heavy atom. The van der Waals surface area contributed by atoms with Crippen molar-refractivity contribution < 1.29 is 33.3 Å². The first-order chi connectivity index (χ1) is 22.6. The van der Waals surface area contributed by atoms with Crippen LogP contribution >= 0.6 is 48.0 Å². The zero-order chi connectivity index (χ0) is 34.9. The van der Waals surface area contributed by atoms with Gasteiger partial charge < -0.3 is 24.3 Å². The van der Waals surface area contributed by atoms with Gasteiger partial charge in [0.2, 0.25) is 8.77 Å². The molecule has 8 nitrogen and oxygen atoms in total. The smallest absolute Gasteiger partial charge is 0.407 e. The lowest BCUT2D eigenvalue weighted by Gasteiger charge is -2.28. The van der Waals surface area contributed by atoms with Crippen LogP contribution in [0, 0.1) is 0 Å². The highest BCUT2D eigenvalue weighted by molar-refractivity contribution is 8.23. The summed E-state index contributed by atoms with van der Waals surface area (Å²) in [6, 6.07) is 9.27. The molecule has 0 radical (unpaired) electrons. The van der Waals surface area contributed by atoms with E-state index in [2.05, 4.69) is 19.2 Å². The lowest BCUT2D eigenvalue weighted by atomic mass is 9.98. The van der Waals surface area contributed by atoms with Crippen LogP contribution in [0.4, 0.5) is 4.79 Å². The lowest BCUT2D eigenvalue weighted by Crippen LogP contribution is -2.43. The van der Waals surface area contributed by atoms with Crippen molar-refractivity contribution in [3.8, 4) is 0 Å². The number of alkyl carbamates (subject to hydrolysis) is 1. The quantitative estimate of drug-likeness (QED) is 0.0626. The van der Waals surface area contributed by atoms with Crippen molar-refractivity contribution in [2.75, 3.05) is 13.2 Å². The predicted molar refractivity (Wildman–Crippen MR) is 202 cm³/mol. The molecular formula is C35H55NO7S4. The third-order valence-electron chi connectivity index (χ3n) is 7.34. The lowest BCUT2D eigenvalue weighted by molar-refractivity contribution is -0.146. The minimum atomic E-state index is -0.501. The van der Waals surface area contributed by atoms with E-state index >= 15 is 0 Å². The Kier molecular flexibility index (Phi) is 24.8. The number of ketones is 1. The number of amides is 1. The third kappa shape index (κ3) is 20.9. The van der Waals surface area contributed by atoms with Gasteiger partial charge in [0.1, 0.15) is 18.5 Å². The molecule has 1 aromatic rings. The zero-order valence-electron chi connectivity index (χ0n) is 28.8. The number of benzene rings is 1.